The molecule has 5 nitrogen and oxygen atoms in total. The van der Waals surface area contributed by atoms with Crippen LogP contribution in [0.4, 0.5) is 0 Å². The Hall–Kier alpha value is -0.875. The minimum Gasteiger partial charge on any atom is -0.345 e. The van der Waals surface area contributed by atoms with E-state index in [2.05, 4.69) is 27.1 Å². The van der Waals surface area contributed by atoms with Crippen molar-refractivity contribution in [1.29, 1.82) is 0 Å². The van der Waals surface area contributed by atoms with Crippen LogP contribution in [0.2, 0.25) is 6.82 Å². The lowest BCUT2D eigenvalue weighted by molar-refractivity contribution is 0.307. The molecule has 0 amide bonds. The molecule has 1 fully saturated rings. The number of nitrogens with one attached hydrogen (secondary N) is 1. The second kappa shape index (κ2) is 5.45. The maximum Gasteiger partial charge on any atom is 0.240 e. The van der Waals surface area contributed by atoms with E-state index in [1.807, 2.05) is 7.05 Å². The molecule has 2 rings (SSSR count). The molecular formula is C10H19BN4O. The van der Waals surface area contributed by atoms with Gasteiger partial charge in [0.05, 0.1) is 6.54 Å². The van der Waals surface area contributed by atoms with Crippen LogP contribution in [0.25, 0.3) is 0 Å². The van der Waals surface area contributed by atoms with Crippen molar-refractivity contribution in [2.45, 2.75) is 32.1 Å². The molecule has 1 aliphatic heterocycles. The van der Waals surface area contributed by atoms with Crippen molar-refractivity contribution < 1.29 is 4.52 Å². The summed E-state index contributed by atoms with van der Waals surface area (Å²) in [4.78, 5) is 6.87. The molecule has 1 aromatic rings. The summed E-state index contributed by atoms with van der Waals surface area (Å²) in [6.07, 6.45) is 2.41. The Bertz CT molecular complexity index is 330. The van der Waals surface area contributed by atoms with Gasteiger partial charge in [-0.1, -0.05) is 12.0 Å². The first kappa shape index (κ1) is 11.6. The molecule has 0 aliphatic carbocycles. The van der Waals surface area contributed by atoms with Crippen molar-refractivity contribution >= 4 is 7.41 Å². The Morgan fingerprint density at radius 2 is 2.50 bits per heavy atom. The van der Waals surface area contributed by atoms with Gasteiger partial charge < -0.3 is 14.7 Å². The molecule has 2 heterocycles. The van der Waals surface area contributed by atoms with Gasteiger partial charge in [0.25, 0.3) is 0 Å². The van der Waals surface area contributed by atoms with Crippen molar-refractivity contribution in [2.24, 2.45) is 0 Å². The van der Waals surface area contributed by atoms with E-state index in [1.54, 1.807) is 0 Å². The Kier molecular flexibility index (Phi) is 3.95. The van der Waals surface area contributed by atoms with Gasteiger partial charge in [0.15, 0.2) is 5.82 Å². The Morgan fingerprint density at radius 1 is 1.62 bits per heavy atom. The number of hydrogen-bond donors (Lipinski definition) is 1. The first-order valence-electron chi connectivity index (χ1n) is 6.03. The average Bonchev–Trinajstić information content (AvgIpc) is 2.78. The number of piperidine rings is 1. The number of rotatable bonds is 4. The van der Waals surface area contributed by atoms with Gasteiger partial charge in [0.2, 0.25) is 13.3 Å². The molecule has 1 aromatic heterocycles. The van der Waals surface area contributed by atoms with Crippen molar-refractivity contribution in [3.63, 3.8) is 0 Å². The van der Waals surface area contributed by atoms with Gasteiger partial charge >= 0.3 is 0 Å². The maximum atomic E-state index is 5.19. The molecule has 0 saturated carbocycles. The third-order valence-corrected chi connectivity index (χ3v) is 3.13. The van der Waals surface area contributed by atoms with E-state index in [9.17, 15) is 0 Å². The zero-order valence-electron chi connectivity index (χ0n) is 10.1. The summed E-state index contributed by atoms with van der Waals surface area (Å²) < 4.78 is 5.19. The van der Waals surface area contributed by atoms with Gasteiger partial charge in [0, 0.05) is 5.92 Å². The molecule has 1 saturated heterocycles. The quantitative estimate of drug-likeness (QED) is 0.746. The summed E-state index contributed by atoms with van der Waals surface area (Å²) in [5.74, 6) is 2.01. The van der Waals surface area contributed by atoms with Gasteiger partial charge in [-0.15, -0.1) is 0 Å². The van der Waals surface area contributed by atoms with Gasteiger partial charge in [-0.2, -0.15) is 4.98 Å². The van der Waals surface area contributed by atoms with E-state index in [0.717, 1.165) is 19.8 Å². The standard InChI is InChI=1S/C10H19BN4O/c1-11-15-5-3-4-8(7-15)10-13-9(6-12-2)16-14-10/h8,11-12H,3-7H2,1-2H3. The normalized spacial score (nSPS) is 22.2. The third-order valence-electron chi connectivity index (χ3n) is 3.13. The van der Waals surface area contributed by atoms with Crippen LogP contribution in [0.5, 0.6) is 0 Å². The van der Waals surface area contributed by atoms with Crippen LogP contribution in [0.1, 0.15) is 30.5 Å². The van der Waals surface area contributed by atoms with Crippen molar-refractivity contribution in [2.75, 3.05) is 20.1 Å². The van der Waals surface area contributed by atoms with Crippen molar-refractivity contribution in [3.8, 4) is 0 Å². The molecule has 16 heavy (non-hydrogen) atoms. The van der Waals surface area contributed by atoms with Gasteiger partial charge in [0.1, 0.15) is 0 Å². The molecule has 88 valence electrons. The topological polar surface area (TPSA) is 54.2 Å². The Labute approximate surface area is 96.8 Å². The highest BCUT2D eigenvalue weighted by Crippen LogP contribution is 2.24. The fourth-order valence-corrected chi connectivity index (χ4v) is 2.21. The van der Waals surface area contributed by atoms with Crippen molar-refractivity contribution in [1.82, 2.24) is 20.3 Å². The predicted octanol–water partition coefficient (Wildman–Crippen LogP) is 0.368. The number of nitrogens with zero attached hydrogens (tertiary/aromatic N) is 3. The highest BCUT2D eigenvalue weighted by atomic mass is 16.5. The molecule has 6 heteroatoms. The minimum atomic E-state index is 0.447. The monoisotopic (exact) mass is 222 g/mol. The van der Waals surface area contributed by atoms with E-state index >= 15 is 0 Å². The third kappa shape index (κ3) is 2.62. The molecule has 0 bridgehead atoms. The maximum absolute atomic E-state index is 5.19. The lowest BCUT2D eigenvalue weighted by Crippen LogP contribution is -2.36. The van der Waals surface area contributed by atoms with E-state index in [0.29, 0.717) is 18.4 Å². The fourth-order valence-electron chi connectivity index (χ4n) is 2.21. The smallest absolute Gasteiger partial charge is 0.240 e. The molecule has 1 atom stereocenters. The molecule has 0 radical (unpaired) electrons. The van der Waals surface area contributed by atoms with Crippen LogP contribution >= 0.6 is 0 Å². The van der Waals surface area contributed by atoms with E-state index in [-0.39, 0.29) is 0 Å². The average molecular weight is 222 g/mol. The lowest BCUT2D eigenvalue weighted by atomic mass is 9.87. The summed E-state index contributed by atoms with van der Waals surface area (Å²) in [5, 5.41) is 7.09. The Morgan fingerprint density at radius 3 is 3.25 bits per heavy atom. The van der Waals surface area contributed by atoms with E-state index in [1.165, 1.54) is 19.4 Å². The largest absolute Gasteiger partial charge is 0.345 e. The molecule has 1 unspecified atom stereocenters. The zero-order valence-corrected chi connectivity index (χ0v) is 10.1. The zero-order chi connectivity index (χ0) is 11.4. The molecule has 1 N–H and O–H groups in total. The first-order valence-corrected chi connectivity index (χ1v) is 6.03. The summed E-state index contributed by atoms with van der Waals surface area (Å²) in [5.41, 5.74) is 0. The molecule has 1 aliphatic rings. The molecule has 0 aromatic carbocycles. The summed E-state index contributed by atoms with van der Waals surface area (Å²) >= 11 is 0. The van der Waals surface area contributed by atoms with Crippen molar-refractivity contribution in [3.05, 3.63) is 11.7 Å². The number of hydrogen-bond acceptors (Lipinski definition) is 5. The SMILES string of the molecule is CBN1CCCC(c2noc(CNC)n2)C1. The van der Waals surface area contributed by atoms with Gasteiger partial charge in [-0.05, 0) is 33.0 Å². The van der Waals surface area contributed by atoms with Crippen LogP contribution in [-0.4, -0.2) is 42.5 Å². The minimum absolute atomic E-state index is 0.447. The van der Waals surface area contributed by atoms with Crippen LogP contribution in [0, 0.1) is 0 Å². The van der Waals surface area contributed by atoms with E-state index in [4.69, 9.17) is 4.52 Å². The Balaban J connectivity index is 1.99. The summed E-state index contributed by atoms with van der Waals surface area (Å²) in [6.45, 7) is 5.12. The van der Waals surface area contributed by atoms with Crippen LogP contribution in [-0.2, 0) is 6.54 Å². The summed E-state index contributed by atoms with van der Waals surface area (Å²) in [7, 11) is 2.99. The molecule has 0 spiro atoms. The second-order valence-electron chi connectivity index (χ2n) is 4.31. The summed E-state index contributed by atoms with van der Waals surface area (Å²) in [6, 6.07) is 0. The highest BCUT2D eigenvalue weighted by Gasteiger charge is 2.24. The van der Waals surface area contributed by atoms with Gasteiger partial charge in [-0.3, -0.25) is 0 Å². The van der Waals surface area contributed by atoms with E-state index < -0.39 is 0 Å². The molecular weight excluding hydrogens is 203 g/mol. The predicted molar refractivity (Wildman–Crippen MR) is 63.6 cm³/mol. The van der Waals surface area contributed by atoms with Crippen LogP contribution in [0.15, 0.2) is 4.52 Å². The fraction of sp³-hybridized carbons (Fsp3) is 0.800. The first-order chi connectivity index (χ1) is 7.83. The van der Waals surface area contributed by atoms with Gasteiger partial charge in [-0.25, -0.2) is 0 Å². The highest BCUT2D eigenvalue weighted by molar-refractivity contribution is 6.29. The second-order valence-corrected chi connectivity index (χ2v) is 4.31. The number of aromatic nitrogens is 2. The van der Waals surface area contributed by atoms with Crippen LogP contribution < -0.4 is 5.32 Å². The van der Waals surface area contributed by atoms with Crippen LogP contribution in [0.3, 0.4) is 0 Å². The lowest BCUT2D eigenvalue weighted by Gasteiger charge is -2.29.